The summed E-state index contributed by atoms with van der Waals surface area (Å²) < 4.78 is 5.86. The molecular formula is C23H27N3O3. The summed E-state index contributed by atoms with van der Waals surface area (Å²) >= 11 is 0. The number of hydrogen-bond donors (Lipinski definition) is 1. The van der Waals surface area contributed by atoms with Gasteiger partial charge in [0.25, 0.3) is 11.5 Å². The monoisotopic (exact) mass is 393 g/mol. The minimum absolute atomic E-state index is 0.189. The summed E-state index contributed by atoms with van der Waals surface area (Å²) in [5, 5.41) is 0.530. The summed E-state index contributed by atoms with van der Waals surface area (Å²) in [6, 6.07) is 13.0. The van der Waals surface area contributed by atoms with E-state index in [1.165, 1.54) is 10.5 Å². The molecule has 0 saturated carbocycles. The lowest BCUT2D eigenvalue weighted by Crippen LogP contribution is -2.38. The number of ether oxygens (including phenoxy) is 1. The molecule has 1 atom stereocenters. The fraction of sp³-hybridized carbons (Fsp3) is 0.348. The van der Waals surface area contributed by atoms with Crippen LogP contribution in [0.3, 0.4) is 0 Å². The van der Waals surface area contributed by atoms with Crippen LogP contribution in [0.2, 0.25) is 0 Å². The maximum absolute atomic E-state index is 12.7. The van der Waals surface area contributed by atoms with E-state index in [9.17, 15) is 9.59 Å². The van der Waals surface area contributed by atoms with E-state index in [4.69, 9.17) is 4.74 Å². The van der Waals surface area contributed by atoms with E-state index in [0.717, 1.165) is 5.56 Å². The summed E-state index contributed by atoms with van der Waals surface area (Å²) in [5.41, 5.74) is 2.80. The van der Waals surface area contributed by atoms with E-state index in [2.05, 4.69) is 23.8 Å². The van der Waals surface area contributed by atoms with Gasteiger partial charge in [-0.3, -0.25) is 9.59 Å². The van der Waals surface area contributed by atoms with E-state index >= 15 is 0 Å². The molecule has 1 aromatic heterocycles. The van der Waals surface area contributed by atoms with Crippen LogP contribution in [-0.4, -0.2) is 33.9 Å². The van der Waals surface area contributed by atoms with Gasteiger partial charge >= 0.3 is 0 Å². The topological polar surface area (TPSA) is 75.3 Å². The second-order valence-electron chi connectivity index (χ2n) is 7.66. The minimum atomic E-state index is -0.656. The average Bonchev–Trinajstić information content (AvgIpc) is 2.67. The number of hydrogen-bond acceptors (Lipinski definition) is 4. The summed E-state index contributed by atoms with van der Waals surface area (Å²) in [4.78, 5) is 33.7. The molecule has 1 heterocycles. The second-order valence-corrected chi connectivity index (χ2v) is 7.66. The Morgan fingerprint density at radius 2 is 1.90 bits per heavy atom. The molecule has 2 aromatic carbocycles. The molecule has 0 bridgehead atoms. The Kier molecular flexibility index (Phi) is 6.01. The van der Waals surface area contributed by atoms with Crippen molar-refractivity contribution in [3.8, 4) is 5.75 Å². The van der Waals surface area contributed by atoms with Gasteiger partial charge in [0, 0.05) is 7.05 Å². The lowest BCUT2D eigenvalue weighted by molar-refractivity contribution is -0.137. The zero-order valence-electron chi connectivity index (χ0n) is 17.5. The highest BCUT2D eigenvalue weighted by atomic mass is 16.5. The Bertz CT molecular complexity index is 1090. The SMILES string of the molecule is Cc1cc(OC(C)C(=O)N(C)Cc2nc3ccccc3c(=O)[nH]2)ccc1C(C)C. The van der Waals surface area contributed by atoms with Crippen molar-refractivity contribution in [2.24, 2.45) is 0 Å². The van der Waals surface area contributed by atoms with Gasteiger partial charge in [-0.25, -0.2) is 4.98 Å². The number of likely N-dealkylation sites (N-methyl/N-ethyl adjacent to an activating group) is 1. The Morgan fingerprint density at radius 1 is 1.17 bits per heavy atom. The van der Waals surface area contributed by atoms with Gasteiger partial charge in [0.15, 0.2) is 6.10 Å². The van der Waals surface area contributed by atoms with E-state index < -0.39 is 6.10 Å². The van der Waals surface area contributed by atoms with Crippen LogP contribution in [0.5, 0.6) is 5.75 Å². The van der Waals surface area contributed by atoms with Crippen LogP contribution in [-0.2, 0) is 11.3 Å². The highest BCUT2D eigenvalue weighted by Crippen LogP contribution is 2.24. The first kappa shape index (κ1) is 20.6. The lowest BCUT2D eigenvalue weighted by Gasteiger charge is -2.22. The first-order valence-electron chi connectivity index (χ1n) is 9.76. The van der Waals surface area contributed by atoms with Crippen LogP contribution >= 0.6 is 0 Å². The fourth-order valence-electron chi connectivity index (χ4n) is 3.45. The number of rotatable bonds is 6. The summed E-state index contributed by atoms with van der Waals surface area (Å²) in [5.74, 6) is 1.35. The molecule has 3 rings (SSSR count). The van der Waals surface area contributed by atoms with Crippen molar-refractivity contribution in [2.45, 2.75) is 46.3 Å². The van der Waals surface area contributed by atoms with E-state index in [1.54, 1.807) is 32.2 Å². The summed E-state index contributed by atoms with van der Waals surface area (Å²) in [6.45, 7) is 8.26. The standard InChI is InChI=1S/C23H27N3O3/c1-14(2)18-11-10-17(12-15(18)3)29-16(4)23(28)26(5)13-21-24-20-9-7-6-8-19(20)22(27)25-21/h6-12,14,16H,13H2,1-5H3,(H,24,25,27). The number of carbonyl (C=O) groups excluding carboxylic acids is 1. The van der Waals surface area contributed by atoms with E-state index in [1.807, 2.05) is 31.2 Å². The maximum atomic E-state index is 12.7. The van der Waals surface area contributed by atoms with Gasteiger partial charge in [-0.1, -0.05) is 32.0 Å². The molecule has 6 nitrogen and oxygen atoms in total. The average molecular weight is 393 g/mol. The van der Waals surface area contributed by atoms with Crippen LogP contribution in [0.4, 0.5) is 0 Å². The fourth-order valence-corrected chi connectivity index (χ4v) is 3.45. The van der Waals surface area contributed by atoms with Crippen LogP contribution in [0.25, 0.3) is 10.9 Å². The quantitative estimate of drug-likeness (QED) is 0.692. The van der Waals surface area contributed by atoms with Gasteiger partial charge in [0.1, 0.15) is 11.6 Å². The van der Waals surface area contributed by atoms with Crippen LogP contribution < -0.4 is 10.3 Å². The van der Waals surface area contributed by atoms with Crippen LogP contribution in [0.1, 0.15) is 43.6 Å². The molecule has 0 saturated heterocycles. The predicted octanol–water partition coefficient (Wildman–Crippen LogP) is 3.78. The van der Waals surface area contributed by atoms with Crippen molar-refractivity contribution in [1.29, 1.82) is 0 Å². The molecule has 29 heavy (non-hydrogen) atoms. The van der Waals surface area contributed by atoms with Crippen LogP contribution in [0, 0.1) is 6.92 Å². The molecule has 1 N–H and O–H groups in total. The number of carbonyl (C=O) groups is 1. The number of H-pyrrole nitrogens is 1. The molecule has 152 valence electrons. The first-order valence-corrected chi connectivity index (χ1v) is 9.76. The summed E-state index contributed by atoms with van der Waals surface area (Å²) in [6.07, 6.45) is -0.656. The Morgan fingerprint density at radius 3 is 2.59 bits per heavy atom. The van der Waals surface area contributed by atoms with Gasteiger partial charge < -0.3 is 14.6 Å². The molecule has 6 heteroatoms. The van der Waals surface area contributed by atoms with E-state index in [-0.39, 0.29) is 18.0 Å². The molecule has 0 aliphatic rings. The van der Waals surface area contributed by atoms with Gasteiger partial charge in [-0.05, 0) is 55.2 Å². The summed E-state index contributed by atoms with van der Waals surface area (Å²) in [7, 11) is 1.67. The Labute approximate surface area is 170 Å². The molecule has 0 fully saturated rings. The molecule has 0 spiro atoms. The number of para-hydroxylation sites is 1. The van der Waals surface area contributed by atoms with E-state index in [0.29, 0.717) is 28.4 Å². The minimum Gasteiger partial charge on any atom is -0.481 e. The predicted molar refractivity (Wildman–Crippen MR) is 114 cm³/mol. The van der Waals surface area contributed by atoms with Crippen molar-refractivity contribution in [1.82, 2.24) is 14.9 Å². The van der Waals surface area contributed by atoms with Crippen molar-refractivity contribution in [2.75, 3.05) is 7.05 Å². The lowest BCUT2D eigenvalue weighted by atomic mass is 9.98. The number of aryl methyl sites for hydroxylation is 1. The second kappa shape index (κ2) is 8.47. The Balaban J connectivity index is 1.70. The number of amides is 1. The van der Waals surface area contributed by atoms with Crippen molar-refractivity contribution in [3.05, 3.63) is 69.8 Å². The molecule has 1 amide bonds. The molecule has 0 radical (unpaired) electrons. The van der Waals surface area contributed by atoms with Gasteiger partial charge in [-0.2, -0.15) is 0 Å². The number of benzene rings is 2. The molecule has 0 aliphatic carbocycles. The smallest absolute Gasteiger partial charge is 0.263 e. The van der Waals surface area contributed by atoms with Gasteiger partial charge in [0.05, 0.1) is 17.4 Å². The third-order valence-electron chi connectivity index (χ3n) is 4.95. The van der Waals surface area contributed by atoms with Crippen molar-refractivity contribution < 1.29 is 9.53 Å². The highest BCUT2D eigenvalue weighted by molar-refractivity contribution is 5.81. The first-order chi connectivity index (χ1) is 13.8. The maximum Gasteiger partial charge on any atom is 0.263 e. The molecule has 1 unspecified atom stereocenters. The number of fused-ring (bicyclic) bond motifs is 1. The van der Waals surface area contributed by atoms with Gasteiger partial charge in [0.2, 0.25) is 0 Å². The third-order valence-corrected chi connectivity index (χ3v) is 4.95. The zero-order valence-corrected chi connectivity index (χ0v) is 17.5. The third kappa shape index (κ3) is 4.65. The normalized spacial score (nSPS) is 12.2. The molecular weight excluding hydrogens is 366 g/mol. The number of nitrogens with zero attached hydrogens (tertiary/aromatic N) is 2. The Hall–Kier alpha value is -3.15. The highest BCUT2D eigenvalue weighted by Gasteiger charge is 2.20. The van der Waals surface area contributed by atoms with Crippen molar-refractivity contribution >= 4 is 16.8 Å². The van der Waals surface area contributed by atoms with Gasteiger partial charge in [-0.15, -0.1) is 0 Å². The van der Waals surface area contributed by atoms with Crippen LogP contribution in [0.15, 0.2) is 47.3 Å². The zero-order chi connectivity index (χ0) is 21.1. The van der Waals surface area contributed by atoms with Crippen molar-refractivity contribution in [3.63, 3.8) is 0 Å². The number of nitrogens with one attached hydrogen (secondary N) is 1. The number of aromatic amines is 1. The molecule has 0 aliphatic heterocycles. The number of aromatic nitrogens is 2. The molecule has 3 aromatic rings. The largest absolute Gasteiger partial charge is 0.481 e.